The van der Waals surface area contributed by atoms with Crippen molar-refractivity contribution in [3.8, 4) is 0 Å². The van der Waals surface area contributed by atoms with Gasteiger partial charge in [0.15, 0.2) is 0 Å². The number of rotatable bonds is 8. The maximum Gasteiger partial charge on any atom is 0.315 e. The first kappa shape index (κ1) is 22.9. The molecule has 3 amide bonds. The fourth-order valence-corrected chi connectivity index (χ4v) is 4.02. The van der Waals surface area contributed by atoms with Crippen molar-refractivity contribution >= 4 is 11.9 Å². The minimum Gasteiger partial charge on any atom is -0.350 e. The number of carbonyl (C=O) groups is 2. The van der Waals surface area contributed by atoms with E-state index in [9.17, 15) is 9.59 Å². The molecule has 0 bridgehead atoms. The highest BCUT2D eigenvalue weighted by Crippen LogP contribution is 2.38. The van der Waals surface area contributed by atoms with Crippen molar-refractivity contribution < 1.29 is 9.59 Å². The van der Waals surface area contributed by atoms with Gasteiger partial charge in [-0.3, -0.25) is 9.78 Å². The predicted octanol–water partition coefficient (Wildman–Crippen LogP) is 3.65. The highest BCUT2D eigenvalue weighted by atomic mass is 16.2. The lowest BCUT2D eigenvalue weighted by Crippen LogP contribution is -2.43. The lowest BCUT2D eigenvalue weighted by Gasteiger charge is -2.37. The third-order valence-corrected chi connectivity index (χ3v) is 5.63. The van der Waals surface area contributed by atoms with Crippen molar-refractivity contribution in [3.05, 3.63) is 41.7 Å². The van der Waals surface area contributed by atoms with E-state index < -0.39 is 0 Å². The predicted molar refractivity (Wildman–Crippen MR) is 116 cm³/mol. The third kappa shape index (κ3) is 7.52. The first-order valence-corrected chi connectivity index (χ1v) is 10.7. The number of hydrogen-bond donors (Lipinski definition) is 3. The lowest BCUT2D eigenvalue weighted by molar-refractivity contribution is -0.122. The van der Waals surface area contributed by atoms with Crippen molar-refractivity contribution in [3.63, 3.8) is 0 Å². The molecule has 0 aromatic carbocycles. The Bertz CT molecular complexity index is 700. The molecule has 0 unspecified atom stereocenters. The Morgan fingerprint density at radius 1 is 1.17 bits per heavy atom. The molecular weight excluding hydrogens is 364 g/mol. The van der Waals surface area contributed by atoms with Gasteiger partial charge in [0.05, 0.1) is 12.2 Å². The summed E-state index contributed by atoms with van der Waals surface area (Å²) in [6.07, 6.45) is 5.46. The fourth-order valence-electron chi connectivity index (χ4n) is 4.02. The fraction of sp³-hybridized carbons (Fsp3) is 0.609. The Labute approximate surface area is 174 Å². The van der Waals surface area contributed by atoms with Gasteiger partial charge in [-0.15, -0.1) is 0 Å². The topological polar surface area (TPSA) is 83.1 Å². The van der Waals surface area contributed by atoms with Crippen molar-refractivity contribution in [2.75, 3.05) is 6.54 Å². The zero-order valence-electron chi connectivity index (χ0n) is 18.4. The summed E-state index contributed by atoms with van der Waals surface area (Å²) >= 11 is 0. The molecule has 3 atom stereocenters. The molecule has 6 heteroatoms. The second-order valence-corrected chi connectivity index (χ2v) is 8.73. The number of amides is 3. The van der Waals surface area contributed by atoms with Gasteiger partial charge in [-0.25, -0.2) is 4.79 Å². The monoisotopic (exact) mass is 400 g/mol. The SMILES string of the molecule is CC1=C[C@@H](CNC(=O)NC(C)C)[C@H](C(C)C)C[C@H]1CC(=O)NCc1ccccn1. The largest absolute Gasteiger partial charge is 0.350 e. The lowest BCUT2D eigenvalue weighted by atomic mass is 9.70. The van der Waals surface area contributed by atoms with Crippen molar-refractivity contribution in [2.45, 2.75) is 60.0 Å². The minimum atomic E-state index is -0.121. The molecule has 3 N–H and O–H groups in total. The zero-order valence-corrected chi connectivity index (χ0v) is 18.4. The maximum absolute atomic E-state index is 12.5. The number of pyridine rings is 1. The highest BCUT2D eigenvalue weighted by Gasteiger charge is 2.32. The van der Waals surface area contributed by atoms with Gasteiger partial charge in [0.2, 0.25) is 5.91 Å². The van der Waals surface area contributed by atoms with E-state index in [4.69, 9.17) is 0 Å². The van der Waals surface area contributed by atoms with E-state index in [1.807, 2.05) is 32.0 Å². The van der Waals surface area contributed by atoms with Gasteiger partial charge in [0.25, 0.3) is 0 Å². The molecule has 0 saturated heterocycles. The number of allylic oxidation sites excluding steroid dienone is 1. The van der Waals surface area contributed by atoms with Crippen LogP contribution in [0.5, 0.6) is 0 Å². The molecule has 1 aromatic rings. The van der Waals surface area contributed by atoms with Crippen LogP contribution in [0.15, 0.2) is 36.0 Å². The Kier molecular flexibility index (Phi) is 8.68. The van der Waals surface area contributed by atoms with Crippen LogP contribution in [0.1, 0.15) is 53.2 Å². The molecule has 0 saturated carbocycles. The average Bonchev–Trinajstić information content (AvgIpc) is 2.66. The Hall–Kier alpha value is -2.37. The number of nitrogens with one attached hydrogen (secondary N) is 3. The number of aromatic nitrogens is 1. The van der Waals surface area contributed by atoms with Crippen LogP contribution in [-0.2, 0) is 11.3 Å². The molecule has 1 aliphatic carbocycles. The van der Waals surface area contributed by atoms with Crippen LogP contribution in [0, 0.1) is 23.7 Å². The first-order chi connectivity index (χ1) is 13.8. The molecule has 1 heterocycles. The number of carbonyl (C=O) groups excluding carboxylic acids is 2. The summed E-state index contributed by atoms with van der Waals surface area (Å²) < 4.78 is 0. The first-order valence-electron chi connectivity index (χ1n) is 10.7. The van der Waals surface area contributed by atoms with Gasteiger partial charge in [0, 0.05) is 25.2 Å². The van der Waals surface area contributed by atoms with Crippen LogP contribution in [-0.4, -0.2) is 29.5 Å². The number of urea groups is 1. The van der Waals surface area contributed by atoms with E-state index in [1.54, 1.807) is 6.20 Å². The normalized spacial score (nSPS) is 21.6. The molecule has 1 aromatic heterocycles. The van der Waals surface area contributed by atoms with Gasteiger partial charge in [-0.05, 0) is 63.0 Å². The Morgan fingerprint density at radius 3 is 2.55 bits per heavy atom. The van der Waals surface area contributed by atoms with Crippen LogP contribution < -0.4 is 16.0 Å². The van der Waals surface area contributed by atoms with Crippen molar-refractivity contribution in [1.29, 1.82) is 0 Å². The Morgan fingerprint density at radius 2 is 1.93 bits per heavy atom. The third-order valence-electron chi connectivity index (χ3n) is 5.63. The maximum atomic E-state index is 12.5. The molecule has 0 radical (unpaired) electrons. The Balaban J connectivity index is 1.93. The van der Waals surface area contributed by atoms with Crippen LogP contribution in [0.4, 0.5) is 4.79 Å². The number of hydrogen-bond acceptors (Lipinski definition) is 3. The van der Waals surface area contributed by atoms with Crippen LogP contribution in [0.3, 0.4) is 0 Å². The summed E-state index contributed by atoms with van der Waals surface area (Å²) in [5, 5.41) is 8.86. The van der Waals surface area contributed by atoms with Crippen LogP contribution >= 0.6 is 0 Å². The van der Waals surface area contributed by atoms with E-state index in [0.717, 1.165) is 12.1 Å². The molecular formula is C23H36N4O2. The second kappa shape index (κ2) is 11.0. The van der Waals surface area contributed by atoms with Gasteiger partial charge >= 0.3 is 6.03 Å². The van der Waals surface area contributed by atoms with Gasteiger partial charge in [0.1, 0.15) is 0 Å². The molecule has 6 nitrogen and oxygen atoms in total. The van der Waals surface area contributed by atoms with Crippen LogP contribution in [0.25, 0.3) is 0 Å². The van der Waals surface area contributed by atoms with Gasteiger partial charge in [-0.2, -0.15) is 0 Å². The quantitative estimate of drug-likeness (QED) is 0.583. The van der Waals surface area contributed by atoms with E-state index in [1.165, 1.54) is 5.57 Å². The molecule has 0 aliphatic heterocycles. The molecule has 160 valence electrons. The zero-order chi connectivity index (χ0) is 21.4. The number of nitrogens with zero attached hydrogens (tertiary/aromatic N) is 1. The summed E-state index contributed by atoms with van der Waals surface area (Å²) in [6, 6.07) is 5.70. The molecule has 1 aliphatic rings. The molecule has 0 fully saturated rings. The summed E-state index contributed by atoms with van der Waals surface area (Å²) in [5.41, 5.74) is 2.11. The van der Waals surface area contributed by atoms with Crippen LogP contribution in [0.2, 0.25) is 0 Å². The summed E-state index contributed by atoms with van der Waals surface area (Å²) in [7, 11) is 0. The van der Waals surface area contributed by atoms with E-state index in [-0.39, 0.29) is 23.9 Å². The van der Waals surface area contributed by atoms with E-state index >= 15 is 0 Å². The minimum absolute atomic E-state index is 0.0591. The standard InChI is InChI=1S/C23H36N4O2/c1-15(2)21-11-18(12-22(28)25-14-20-8-6-7-9-24-20)17(5)10-19(21)13-26-23(29)27-16(3)4/h6-10,15-16,18-19,21H,11-14H2,1-5H3,(H,25,28)(H2,26,27,29)/t18-,19-,21-/m0/s1. The van der Waals surface area contributed by atoms with Crippen molar-refractivity contribution in [1.82, 2.24) is 20.9 Å². The second-order valence-electron chi connectivity index (χ2n) is 8.73. The molecule has 29 heavy (non-hydrogen) atoms. The summed E-state index contributed by atoms with van der Waals surface area (Å²) in [5.74, 6) is 1.52. The van der Waals surface area contributed by atoms with E-state index in [0.29, 0.717) is 37.3 Å². The average molecular weight is 401 g/mol. The summed E-state index contributed by atoms with van der Waals surface area (Å²) in [4.78, 5) is 28.7. The smallest absolute Gasteiger partial charge is 0.315 e. The summed E-state index contributed by atoms with van der Waals surface area (Å²) in [6.45, 7) is 11.5. The van der Waals surface area contributed by atoms with E-state index in [2.05, 4.69) is 47.8 Å². The van der Waals surface area contributed by atoms with Gasteiger partial charge < -0.3 is 16.0 Å². The molecule has 2 rings (SSSR count). The van der Waals surface area contributed by atoms with Crippen molar-refractivity contribution in [2.24, 2.45) is 23.7 Å². The highest BCUT2D eigenvalue weighted by molar-refractivity contribution is 5.76. The van der Waals surface area contributed by atoms with Gasteiger partial charge in [-0.1, -0.05) is 31.6 Å². The molecule has 0 spiro atoms.